The molecule has 2 atom stereocenters. The van der Waals surface area contributed by atoms with Gasteiger partial charge in [-0.2, -0.15) is 11.3 Å². The number of hydrogen-bond acceptors (Lipinski definition) is 6. The van der Waals surface area contributed by atoms with Crippen LogP contribution in [-0.4, -0.2) is 35.8 Å². The highest BCUT2D eigenvalue weighted by Crippen LogP contribution is 2.19. The molecule has 7 nitrogen and oxygen atoms in total. The van der Waals surface area contributed by atoms with Crippen molar-refractivity contribution >= 4 is 46.6 Å². The molecule has 2 unspecified atom stereocenters. The molecule has 0 radical (unpaired) electrons. The molecule has 1 aliphatic rings. The fourth-order valence-corrected chi connectivity index (χ4v) is 3.51. The highest BCUT2D eigenvalue weighted by molar-refractivity contribution is 7.10. The first-order valence-electron chi connectivity index (χ1n) is 6.84. The quantitative estimate of drug-likeness (QED) is 0.690. The molecular formula is C14H14N4O3S2. The lowest BCUT2D eigenvalue weighted by molar-refractivity contribution is -0.126. The number of nitrogens with one attached hydrogen (secondary N) is 3. The molecule has 2 aromatic heterocycles. The zero-order valence-corrected chi connectivity index (χ0v) is 13.5. The third-order valence-corrected chi connectivity index (χ3v) is 4.97. The Morgan fingerprint density at radius 3 is 2.96 bits per heavy atom. The number of anilines is 1. The van der Waals surface area contributed by atoms with Crippen LogP contribution in [0.2, 0.25) is 0 Å². The number of rotatable bonds is 6. The molecule has 120 valence electrons. The Morgan fingerprint density at radius 1 is 1.43 bits per heavy atom. The summed E-state index contributed by atoms with van der Waals surface area (Å²) in [6.45, 7) is 0.178. The summed E-state index contributed by atoms with van der Waals surface area (Å²) in [6.07, 6.45) is 0.685. The molecule has 1 fully saturated rings. The number of aldehydes is 1. The third-order valence-electron chi connectivity index (χ3n) is 3.33. The summed E-state index contributed by atoms with van der Waals surface area (Å²) in [7, 11) is 0. The molecule has 3 rings (SSSR count). The first-order valence-corrected chi connectivity index (χ1v) is 8.66. The second-order valence-electron chi connectivity index (χ2n) is 4.83. The van der Waals surface area contributed by atoms with Crippen LogP contribution in [0.5, 0.6) is 0 Å². The topological polar surface area (TPSA) is 90.5 Å². The minimum atomic E-state index is -0.732. The summed E-state index contributed by atoms with van der Waals surface area (Å²) >= 11 is 2.87. The lowest BCUT2D eigenvalue weighted by Gasteiger charge is -2.24. The van der Waals surface area contributed by atoms with Gasteiger partial charge in [-0.05, 0) is 22.9 Å². The van der Waals surface area contributed by atoms with Crippen molar-refractivity contribution in [3.8, 4) is 0 Å². The standard InChI is InChI=1S/C14H14N4O3S2/c19-7-10(12-2-1-4-23-12)16-13(20)11-6-15-14(21)18(11)17-9-3-5-22-8-9/h1-5,7-8,10-11,17H,6H2,(H,15,21)(H,16,20). The van der Waals surface area contributed by atoms with Gasteiger partial charge in [-0.3, -0.25) is 10.2 Å². The van der Waals surface area contributed by atoms with Crippen LogP contribution in [0.1, 0.15) is 10.9 Å². The van der Waals surface area contributed by atoms with Crippen molar-refractivity contribution in [2.75, 3.05) is 12.0 Å². The van der Waals surface area contributed by atoms with Crippen LogP contribution in [0.15, 0.2) is 34.3 Å². The summed E-state index contributed by atoms with van der Waals surface area (Å²) in [5.41, 5.74) is 3.64. The largest absolute Gasteiger partial charge is 0.340 e. The molecule has 1 saturated heterocycles. The third kappa shape index (κ3) is 3.35. The fraction of sp³-hybridized carbons (Fsp3) is 0.214. The lowest BCUT2D eigenvalue weighted by Crippen LogP contribution is -2.49. The van der Waals surface area contributed by atoms with E-state index in [1.54, 1.807) is 6.07 Å². The average molecular weight is 350 g/mol. The van der Waals surface area contributed by atoms with Crippen molar-refractivity contribution in [3.63, 3.8) is 0 Å². The monoisotopic (exact) mass is 350 g/mol. The van der Waals surface area contributed by atoms with Gasteiger partial charge in [-0.1, -0.05) is 6.07 Å². The van der Waals surface area contributed by atoms with Crippen molar-refractivity contribution < 1.29 is 14.4 Å². The molecule has 1 aliphatic heterocycles. The summed E-state index contributed by atoms with van der Waals surface area (Å²) in [5, 5.41) is 12.1. The number of hydrogen-bond donors (Lipinski definition) is 3. The zero-order chi connectivity index (χ0) is 16.2. The van der Waals surface area contributed by atoms with Gasteiger partial charge in [0.1, 0.15) is 12.3 Å². The van der Waals surface area contributed by atoms with Crippen LogP contribution in [-0.2, 0) is 9.59 Å². The van der Waals surface area contributed by atoms with Gasteiger partial charge >= 0.3 is 6.03 Å². The Balaban J connectivity index is 1.70. The van der Waals surface area contributed by atoms with E-state index in [9.17, 15) is 14.4 Å². The number of carbonyl (C=O) groups is 3. The maximum atomic E-state index is 12.5. The number of amides is 3. The normalized spacial score (nSPS) is 18.3. The highest BCUT2D eigenvalue weighted by Gasteiger charge is 2.37. The smallest absolute Gasteiger partial charge is 0.336 e. The van der Waals surface area contributed by atoms with Gasteiger partial charge < -0.3 is 15.4 Å². The van der Waals surface area contributed by atoms with Crippen LogP contribution in [0, 0.1) is 0 Å². The van der Waals surface area contributed by atoms with Crippen molar-refractivity contribution in [2.45, 2.75) is 12.1 Å². The van der Waals surface area contributed by atoms with E-state index in [0.29, 0.717) is 6.29 Å². The number of carbonyl (C=O) groups excluding carboxylic acids is 3. The SMILES string of the molecule is O=CC(NC(=O)C1CNC(=O)N1Nc1ccsc1)c1cccs1. The van der Waals surface area contributed by atoms with Gasteiger partial charge in [0, 0.05) is 10.3 Å². The lowest BCUT2D eigenvalue weighted by atomic mass is 10.2. The van der Waals surface area contributed by atoms with Crippen LogP contribution < -0.4 is 16.1 Å². The molecule has 0 aliphatic carbocycles. The minimum absolute atomic E-state index is 0.178. The number of thiophene rings is 2. The molecule has 2 aromatic rings. The fourth-order valence-electron chi connectivity index (χ4n) is 2.20. The Kier molecular flexibility index (Phi) is 4.58. The molecule has 0 spiro atoms. The predicted octanol–water partition coefficient (Wildman–Crippen LogP) is 1.59. The van der Waals surface area contributed by atoms with Gasteiger partial charge in [0.05, 0.1) is 12.2 Å². The average Bonchev–Trinajstić information content (AvgIpc) is 3.28. The van der Waals surface area contributed by atoms with E-state index in [-0.39, 0.29) is 12.6 Å². The van der Waals surface area contributed by atoms with E-state index in [1.165, 1.54) is 27.7 Å². The molecule has 0 saturated carbocycles. The zero-order valence-electron chi connectivity index (χ0n) is 11.9. The van der Waals surface area contributed by atoms with Crippen LogP contribution in [0.4, 0.5) is 10.5 Å². The second kappa shape index (κ2) is 6.80. The second-order valence-corrected chi connectivity index (χ2v) is 6.59. The maximum absolute atomic E-state index is 12.5. The van der Waals surface area contributed by atoms with Crippen molar-refractivity contribution in [2.24, 2.45) is 0 Å². The van der Waals surface area contributed by atoms with Crippen molar-refractivity contribution in [1.29, 1.82) is 0 Å². The van der Waals surface area contributed by atoms with E-state index < -0.39 is 18.0 Å². The Bertz CT molecular complexity index is 687. The number of nitrogens with zero attached hydrogens (tertiary/aromatic N) is 1. The Labute approximate surface area is 140 Å². The molecule has 0 bridgehead atoms. The van der Waals surface area contributed by atoms with E-state index in [4.69, 9.17) is 0 Å². The van der Waals surface area contributed by atoms with Crippen LogP contribution >= 0.6 is 22.7 Å². The van der Waals surface area contributed by atoms with E-state index in [1.807, 2.05) is 28.3 Å². The molecule has 9 heteroatoms. The number of urea groups is 1. The van der Waals surface area contributed by atoms with Gasteiger partial charge in [-0.25, -0.2) is 9.80 Å². The van der Waals surface area contributed by atoms with E-state index >= 15 is 0 Å². The maximum Gasteiger partial charge on any atom is 0.336 e. The van der Waals surface area contributed by atoms with E-state index in [2.05, 4.69) is 16.1 Å². The molecule has 3 heterocycles. The van der Waals surface area contributed by atoms with Crippen molar-refractivity contribution in [3.05, 3.63) is 39.2 Å². The molecule has 3 amide bonds. The van der Waals surface area contributed by atoms with Crippen molar-refractivity contribution in [1.82, 2.24) is 15.6 Å². The summed E-state index contributed by atoms with van der Waals surface area (Å²) < 4.78 is 0. The van der Waals surface area contributed by atoms with E-state index in [0.717, 1.165) is 10.6 Å². The van der Waals surface area contributed by atoms with Crippen LogP contribution in [0.3, 0.4) is 0 Å². The van der Waals surface area contributed by atoms with Gasteiger partial charge in [-0.15, -0.1) is 11.3 Å². The first kappa shape index (κ1) is 15.5. The molecule has 3 N–H and O–H groups in total. The molecular weight excluding hydrogens is 336 g/mol. The molecule has 0 aromatic carbocycles. The predicted molar refractivity (Wildman–Crippen MR) is 88.2 cm³/mol. The summed E-state index contributed by atoms with van der Waals surface area (Å²) in [6, 6.07) is 3.59. The van der Waals surface area contributed by atoms with Crippen LogP contribution in [0.25, 0.3) is 0 Å². The highest BCUT2D eigenvalue weighted by atomic mass is 32.1. The minimum Gasteiger partial charge on any atom is -0.340 e. The number of hydrazine groups is 1. The van der Waals surface area contributed by atoms with Gasteiger partial charge in [0.25, 0.3) is 0 Å². The van der Waals surface area contributed by atoms with Gasteiger partial charge in [0.15, 0.2) is 6.04 Å². The van der Waals surface area contributed by atoms with Gasteiger partial charge in [0.2, 0.25) is 5.91 Å². The Morgan fingerprint density at radius 2 is 2.30 bits per heavy atom. The summed E-state index contributed by atoms with van der Waals surface area (Å²) in [5.74, 6) is -0.392. The first-order chi connectivity index (χ1) is 11.2. The summed E-state index contributed by atoms with van der Waals surface area (Å²) in [4.78, 5) is 36.4. The molecule has 23 heavy (non-hydrogen) atoms. The Hall–Kier alpha value is -2.39.